The Morgan fingerprint density at radius 1 is 1.05 bits per heavy atom. The van der Waals surface area contributed by atoms with Crippen molar-refractivity contribution in [2.75, 3.05) is 38.2 Å². The first-order valence-electron chi connectivity index (χ1n) is 12.5. The van der Waals surface area contributed by atoms with Gasteiger partial charge < -0.3 is 20.5 Å². The SMILES string of the molecule is CCOc1ccc(-n2c(S)c(C(=O)Nc3ccc(S(=O)(=O)N4CCOCC4)cc3)[n+]3cc(C(N)=O)ccc23)cc1. The standard InChI is InChI=1S/C27H27N5O6S2/c1-2-38-21-8-6-20(7-9-21)32-23-12-3-18(25(28)33)17-31(23)24(27(32)39)26(34)29-19-4-10-22(11-5-19)40(35,36)30-13-15-37-16-14-30/h3-12,17H,2,13-16H2,1H3,(H3-,28,29,33,34,39)/p+1. The fourth-order valence-electron chi connectivity index (χ4n) is 4.48. The number of nitrogens with two attached hydrogens (primary N) is 1. The summed E-state index contributed by atoms with van der Waals surface area (Å²) >= 11 is 4.69. The topological polar surface area (TPSA) is 137 Å². The van der Waals surface area contributed by atoms with Crippen LogP contribution in [0.15, 0.2) is 76.8 Å². The molecule has 0 atom stereocenters. The van der Waals surface area contributed by atoms with Crippen LogP contribution < -0.4 is 20.2 Å². The van der Waals surface area contributed by atoms with Crippen LogP contribution in [-0.4, -0.2) is 62.0 Å². The van der Waals surface area contributed by atoms with E-state index in [0.717, 1.165) is 5.69 Å². The Kier molecular flexibility index (Phi) is 7.81. The average molecular weight is 583 g/mol. The van der Waals surface area contributed by atoms with Crippen molar-refractivity contribution >= 4 is 45.8 Å². The smallest absolute Gasteiger partial charge is 0.301 e. The van der Waals surface area contributed by atoms with Crippen LogP contribution in [0.25, 0.3) is 11.3 Å². The second-order valence-electron chi connectivity index (χ2n) is 8.94. The first-order valence-corrected chi connectivity index (χ1v) is 14.4. The number of ether oxygens (including phenoxy) is 2. The van der Waals surface area contributed by atoms with E-state index < -0.39 is 21.8 Å². The summed E-state index contributed by atoms with van der Waals surface area (Å²) in [6.07, 6.45) is 1.48. The van der Waals surface area contributed by atoms with Gasteiger partial charge >= 0.3 is 5.91 Å². The number of aromatic nitrogens is 2. The summed E-state index contributed by atoms with van der Waals surface area (Å²) < 4.78 is 41.3. The molecule has 0 aliphatic carbocycles. The number of sulfonamides is 1. The number of anilines is 1. The number of benzene rings is 2. The van der Waals surface area contributed by atoms with Crippen LogP contribution >= 0.6 is 12.6 Å². The zero-order valence-electron chi connectivity index (χ0n) is 21.6. The minimum atomic E-state index is -3.67. The molecule has 1 aliphatic rings. The molecule has 0 radical (unpaired) electrons. The average Bonchev–Trinajstić information content (AvgIpc) is 3.25. The van der Waals surface area contributed by atoms with E-state index in [1.807, 2.05) is 31.2 Å². The molecule has 0 saturated carbocycles. The number of primary amides is 1. The van der Waals surface area contributed by atoms with E-state index in [1.54, 1.807) is 21.1 Å². The zero-order chi connectivity index (χ0) is 28.4. The molecule has 208 valence electrons. The number of amides is 2. The first-order chi connectivity index (χ1) is 19.2. The summed E-state index contributed by atoms with van der Waals surface area (Å²) in [6.45, 7) is 3.69. The van der Waals surface area contributed by atoms with Gasteiger partial charge in [-0.3, -0.25) is 9.59 Å². The maximum absolute atomic E-state index is 13.6. The van der Waals surface area contributed by atoms with E-state index in [1.165, 1.54) is 34.8 Å². The molecule has 2 aromatic carbocycles. The Labute approximate surface area is 236 Å². The van der Waals surface area contributed by atoms with Gasteiger partial charge in [0.15, 0.2) is 0 Å². The van der Waals surface area contributed by atoms with Crippen molar-refractivity contribution in [3.05, 3.63) is 78.1 Å². The molecule has 3 heterocycles. The molecule has 40 heavy (non-hydrogen) atoms. The van der Waals surface area contributed by atoms with E-state index in [-0.39, 0.29) is 29.2 Å². The number of pyridine rings is 1. The fourth-order valence-corrected chi connectivity index (χ4v) is 6.32. The number of imidazole rings is 1. The maximum atomic E-state index is 13.6. The molecule has 13 heteroatoms. The van der Waals surface area contributed by atoms with E-state index in [2.05, 4.69) is 5.32 Å². The van der Waals surface area contributed by atoms with Crippen molar-refractivity contribution in [1.29, 1.82) is 0 Å². The molecule has 0 spiro atoms. The summed E-state index contributed by atoms with van der Waals surface area (Å²) in [5.41, 5.74) is 7.53. The predicted molar refractivity (Wildman–Crippen MR) is 150 cm³/mol. The lowest BCUT2D eigenvalue weighted by Gasteiger charge is -2.26. The monoisotopic (exact) mass is 582 g/mol. The number of rotatable bonds is 8. The Hall–Kier alpha value is -3.91. The van der Waals surface area contributed by atoms with Gasteiger partial charge in [-0.1, -0.05) is 12.6 Å². The highest BCUT2D eigenvalue weighted by atomic mass is 32.2. The highest BCUT2D eigenvalue weighted by molar-refractivity contribution is 7.89. The van der Waals surface area contributed by atoms with Crippen LogP contribution in [0.3, 0.4) is 0 Å². The summed E-state index contributed by atoms with van der Waals surface area (Å²) in [5.74, 6) is -0.466. The number of fused-ring (bicyclic) bond motifs is 1. The van der Waals surface area contributed by atoms with Gasteiger partial charge in [-0.05, 0) is 61.5 Å². The minimum Gasteiger partial charge on any atom is -0.494 e. The van der Waals surface area contributed by atoms with Gasteiger partial charge in [-0.25, -0.2) is 8.42 Å². The lowest BCUT2D eigenvalue weighted by Crippen LogP contribution is -2.40. The number of hydrogen-bond acceptors (Lipinski definition) is 7. The Morgan fingerprint density at radius 2 is 1.73 bits per heavy atom. The summed E-state index contributed by atoms with van der Waals surface area (Å²) in [5, 5.41) is 3.12. The number of nitrogens with one attached hydrogen (secondary N) is 1. The number of carbonyl (C=O) groups is 2. The molecule has 5 rings (SSSR count). The second-order valence-corrected chi connectivity index (χ2v) is 11.3. The molecule has 1 fully saturated rings. The van der Waals surface area contributed by atoms with Crippen molar-refractivity contribution in [2.24, 2.45) is 5.73 Å². The number of hydrogen-bond donors (Lipinski definition) is 3. The molecule has 11 nitrogen and oxygen atoms in total. The van der Waals surface area contributed by atoms with E-state index in [4.69, 9.17) is 27.8 Å². The number of carbonyl (C=O) groups excluding carboxylic acids is 2. The highest BCUT2D eigenvalue weighted by Crippen LogP contribution is 2.25. The van der Waals surface area contributed by atoms with Crippen LogP contribution in [0.2, 0.25) is 0 Å². The lowest BCUT2D eigenvalue weighted by molar-refractivity contribution is -0.514. The molecular formula is C27H28N5O6S2+. The van der Waals surface area contributed by atoms with E-state index in [0.29, 0.717) is 41.9 Å². The van der Waals surface area contributed by atoms with Gasteiger partial charge in [0, 0.05) is 24.8 Å². The third-order valence-electron chi connectivity index (χ3n) is 6.45. The molecule has 2 aromatic heterocycles. The van der Waals surface area contributed by atoms with Gasteiger partial charge in [0.25, 0.3) is 17.2 Å². The molecule has 4 aromatic rings. The molecule has 1 saturated heterocycles. The summed E-state index contributed by atoms with van der Waals surface area (Å²) in [6, 6.07) is 16.5. The van der Waals surface area contributed by atoms with Gasteiger partial charge in [-0.15, -0.1) is 0 Å². The predicted octanol–water partition coefficient (Wildman–Crippen LogP) is 2.28. The summed E-state index contributed by atoms with van der Waals surface area (Å²) in [7, 11) is -3.67. The van der Waals surface area contributed by atoms with E-state index in [9.17, 15) is 18.0 Å². The highest BCUT2D eigenvalue weighted by Gasteiger charge is 2.31. The fraction of sp³-hybridized carbons (Fsp3) is 0.222. The Morgan fingerprint density at radius 3 is 2.35 bits per heavy atom. The quantitative estimate of drug-likeness (QED) is 0.215. The van der Waals surface area contributed by atoms with Crippen LogP contribution in [0.4, 0.5) is 5.69 Å². The molecule has 3 N–H and O–H groups in total. The number of thiol groups is 1. The maximum Gasteiger partial charge on any atom is 0.301 e. The van der Waals surface area contributed by atoms with Crippen LogP contribution in [-0.2, 0) is 14.8 Å². The van der Waals surface area contributed by atoms with E-state index >= 15 is 0 Å². The number of nitrogens with zero attached hydrogens (tertiary/aromatic N) is 3. The summed E-state index contributed by atoms with van der Waals surface area (Å²) in [4.78, 5) is 25.6. The van der Waals surface area contributed by atoms with Crippen LogP contribution in [0, 0.1) is 0 Å². The second kappa shape index (κ2) is 11.3. The van der Waals surface area contributed by atoms with Crippen molar-refractivity contribution < 1.29 is 31.9 Å². The van der Waals surface area contributed by atoms with Gasteiger partial charge in [0.05, 0.1) is 30.3 Å². The van der Waals surface area contributed by atoms with Crippen molar-refractivity contribution in [3.63, 3.8) is 0 Å². The van der Waals surface area contributed by atoms with Crippen LogP contribution in [0.5, 0.6) is 5.75 Å². The number of morpholine rings is 1. The van der Waals surface area contributed by atoms with Crippen molar-refractivity contribution in [2.45, 2.75) is 16.8 Å². The lowest BCUT2D eigenvalue weighted by atomic mass is 10.2. The van der Waals surface area contributed by atoms with Gasteiger partial charge in [0.1, 0.15) is 17.6 Å². The third-order valence-corrected chi connectivity index (χ3v) is 8.77. The van der Waals surface area contributed by atoms with Gasteiger partial charge in [0.2, 0.25) is 15.0 Å². The van der Waals surface area contributed by atoms with Crippen LogP contribution in [0.1, 0.15) is 27.8 Å². The normalized spacial score (nSPS) is 14.2. The molecule has 2 amide bonds. The molecule has 0 bridgehead atoms. The molecular weight excluding hydrogens is 554 g/mol. The van der Waals surface area contributed by atoms with Gasteiger partial charge in [-0.2, -0.15) is 13.3 Å². The first kappa shape index (κ1) is 27.6. The van der Waals surface area contributed by atoms with Crippen molar-refractivity contribution in [1.82, 2.24) is 8.87 Å². The minimum absolute atomic E-state index is 0.120. The Bertz CT molecular complexity index is 1680. The largest absolute Gasteiger partial charge is 0.494 e. The third kappa shape index (κ3) is 5.28. The zero-order valence-corrected chi connectivity index (χ0v) is 23.3. The van der Waals surface area contributed by atoms with Crippen molar-refractivity contribution in [3.8, 4) is 11.4 Å². The molecule has 1 aliphatic heterocycles. The molecule has 0 unspecified atom stereocenters. The Balaban J connectivity index is 1.49.